The minimum atomic E-state index is 0.727. The van der Waals surface area contributed by atoms with Gasteiger partial charge in [-0.05, 0) is 70.5 Å². The van der Waals surface area contributed by atoms with Crippen molar-refractivity contribution in [1.29, 1.82) is 0 Å². The summed E-state index contributed by atoms with van der Waals surface area (Å²) in [6.45, 7) is 0. The Morgan fingerprint density at radius 2 is 1.30 bits per heavy atom. The summed E-state index contributed by atoms with van der Waals surface area (Å²) in [6.07, 6.45) is 1.67. The first kappa shape index (κ1) is 19.9. The van der Waals surface area contributed by atoms with Gasteiger partial charge in [0.25, 0.3) is 0 Å². The second-order valence-electron chi connectivity index (χ2n) is 7.23. The molecular weight excluding hydrogens is 376 g/mol. The number of methoxy groups -OCH3 is 4. The molecule has 0 saturated heterocycles. The molecule has 0 bridgehead atoms. The van der Waals surface area contributed by atoms with Gasteiger partial charge in [-0.1, -0.05) is 36.4 Å². The quantitative estimate of drug-likeness (QED) is 0.528. The first-order chi connectivity index (χ1) is 14.7. The maximum absolute atomic E-state index is 5.58. The number of hydrogen-bond donors (Lipinski definition) is 0. The Balaban J connectivity index is 1.87. The highest BCUT2D eigenvalue weighted by Crippen LogP contribution is 2.45. The average Bonchev–Trinajstić information content (AvgIpc) is 3.15. The van der Waals surface area contributed by atoms with Crippen LogP contribution in [0.25, 0.3) is 11.1 Å². The topological polar surface area (TPSA) is 36.9 Å². The zero-order chi connectivity index (χ0) is 21.1. The van der Waals surface area contributed by atoms with Crippen LogP contribution in [0.1, 0.15) is 22.3 Å². The molecule has 3 aromatic rings. The maximum Gasteiger partial charge on any atom is 0.161 e. The van der Waals surface area contributed by atoms with Gasteiger partial charge >= 0.3 is 0 Å². The van der Waals surface area contributed by atoms with Gasteiger partial charge in [0, 0.05) is 0 Å². The third kappa shape index (κ3) is 3.61. The summed E-state index contributed by atoms with van der Waals surface area (Å²) in [6, 6.07) is 20.8. The van der Waals surface area contributed by atoms with Crippen molar-refractivity contribution in [2.24, 2.45) is 0 Å². The van der Waals surface area contributed by atoms with Gasteiger partial charge in [-0.3, -0.25) is 0 Å². The molecule has 4 heteroatoms. The van der Waals surface area contributed by atoms with E-state index in [-0.39, 0.29) is 0 Å². The molecule has 0 N–H and O–H groups in total. The molecule has 0 saturated carbocycles. The Hall–Kier alpha value is -3.40. The fraction of sp³-hybridized carbons (Fsp3) is 0.231. The molecule has 4 nitrogen and oxygen atoms in total. The van der Waals surface area contributed by atoms with Crippen molar-refractivity contribution in [3.05, 3.63) is 82.9 Å². The van der Waals surface area contributed by atoms with Gasteiger partial charge in [-0.2, -0.15) is 0 Å². The van der Waals surface area contributed by atoms with Crippen molar-refractivity contribution < 1.29 is 18.9 Å². The van der Waals surface area contributed by atoms with E-state index < -0.39 is 0 Å². The van der Waals surface area contributed by atoms with Crippen LogP contribution in [0, 0.1) is 0 Å². The number of fused-ring (bicyclic) bond motifs is 1. The molecule has 0 aliphatic heterocycles. The molecule has 3 aromatic carbocycles. The molecule has 0 radical (unpaired) electrons. The summed E-state index contributed by atoms with van der Waals surface area (Å²) in [5.74, 6) is 2.96. The van der Waals surface area contributed by atoms with E-state index in [0.717, 1.165) is 41.4 Å². The fourth-order valence-corrected chi connectivity index (χ4v) is 4.11. The molecule has 0 aromatic heterocycles. The molecule has 0 amide bonds. The van der Waals surface area contributed by atoms with Crippen LogP contribution in [0.4, 0.5) is 0 Å². The Morgan fingerprint density at radius 3 is 1.97 bits per heavy atom. The zero-order valence-corrected chi connectivity index (χ0v) is 17.8. The van der Waals surface area contributed by atoms with Crippen molar-refractivity contribution in [2.75, 3.05) is 28.4 Å². The van der Waals surface area contributed by atoms with Crippen LogP contribution in [-0.2, 0) is 12.8 Å². The summed E-state index contributed by atoms with van der Waals surface area (Å²) in [5.41, 5.74) is 7.43. The van der Waals surface area contributed by atoms with E-state index in [1.54, 1.807) is 28.4 Å². The molecule has 0 atom stereocenters. The van der Waals surface area contributed by atoms with Crippen LogP contribution >= 0.6 is 0 Å². The van der Waals surface area contributed by atoms with Gasteiger partial charge in [0.15, 0.2) is 23.0 Å². The zero-order valence-electron chi connectivity index (χ0n) is 17.8. The molecule has 0 heterocycles. The first-order valence-electron chi connectivity index (χ1n) is 9.92. The largest absolute Gasteiger partial charge is 0.493 e. The van der Waals surface area contributed by atoms with E-state index in [9.17, 15) is 0 Å². The predicted octanol–water partition coefficient (Wildman–Crippen LogP) is 5.43. The van der Waals surface area contributed by atoms with Crippen LogP contribution in [0.15, 0.2) is 60.7 Å². The lowest BCUT2D eigenvalue weighted by Crippen LogP contribution is -1.96. The van der Waals surface area contributed by atoms with Gasteiger partial charge in [-0.15, -0.1) is 0 Å². The first-order valence-corrected chi connectivity index (χ1v) is 9.92. The molecule has 30 heavy (non-hydrogen) atoms. The minimum Gasteiger partial charge on any atom is -0.493 e. The van der Waals surface area contributed by atoms with Crippen molar-refractivity contribution in [2.45, 2.75) is 12.8 Å². The van der Waals surface area contributed by atoms with Crippen LogP contribution in [-0.4, -0.2) is 28.4 Å². The Bertz CT molecular complexity index is 1080. The normalized spacial score (nSPS) is 12.5. The van der Waals surface area contributed by atoms with Crippen LogP contribution in [0.3, 0.4) is 0 Å². The van der Waals surface area contributed by atoms with Gasteiger partial charge < -0.3 is 18.9 Å². The van der Waals surface area contributed by atoms with E-state index >= 15 is 0 Å². The highest BCUT2D eigenvalue weighted by atomic mass is 16.5. The van der Waals surface area contributed by atoms with Crippen molar-refractivity contribution in [3.63, 3.8) is 0 Å². The summed E-state index contributed by atoms with van der Waals surface area (Å²) in [5, 5.41) is 0. The second kappa shape index (κ2) is 8.54. The number of ether oxygens (including phenoxy) is 4. The Kier molecular flexibility index (Phi) is 5.66. The van der Waals surface area contributed by atoms with E-state index in [1.807, 2.05) is 12.1 Å². The summed E-state index contributed by atoms with van der Waals surface area (Å²) >= 11 is 0. The van der Waals surface area contributed by atoms with Crippen molar-refractivity contribution >= 4 is 11.1 Å². The minimum absolute atomic E-state index is 0.727. The third-order valence-corrected chi connectivity index (χ3v) is 5.62. The van der Waals surface area contributed by atoms with Crippen molar-refractivity contribution in [3.8, 4) is 23.0 Å². The smallest absolute Gasteiger partial charge is 0.161 e. The van der Waals surface area contributed by atoms with E-state index in [4.69, 9.17) is 18.9 Å². The van der Waals surface area contributed by atoms with Gasteiger partial charge in [0.1, 0.15) is 0 Å². The highest BCUT2D eigenvalue weighted by molar-refractivity contribution is 5.98. The van der Waals surface area contributed by atoms with E-state index in [0.29, 0.717) is 0 Å². The van der Waals surface area contributed by atoms with Crippen LogP contribution in [0.5, 0.6) is 23.0 Å². The molecule has 4 rings (SSSR count). The average molecular weight is 402 g/mol. The lowest BCUT2D eigenvalue weighted by molar-refractivity contribution is 0.354. The summed E-state index contributed by atoms with van der Waals surface area (Å²) in [7, 11) is 6.67. The standard InChI is InChI=1S/C26H26O4/c1-27-23-11-10-18(14-24(23)28-2)20-13-19-15-25(29-3)26(30-4)16-21(19)22(20)12-17-8-6-5-7-9-17/h5-11,14-16H,12-13H2,1-4H3. The lowest BCUT2D eigenvalue weighted by atomic mass is 9.94. The highest BCUT2D eigenvalue weighted by Gasteiger charge is 2.26. The number of hydrogen-bond acceptors (Lipinski definition) is 4. The molecular formula is C26H26O4. The summed E-state index contributed by atoms with van der Waals surface area (Å²) < 4.78 is 22.1. The van der Waals surface area contributed by atoms with Gasteiger partial charge in [-0.25, -0.2) is 0 Å². The number of benzene rings is 3. The van der Waals surface area contributed by atoms with Gasteiger partial charge in [0.2, 0.25) is 0 Å². The summed E-state index contributed by atoms with van der Waals surface area (Å²) in [4.78, 5) is 0. The maximum atomic E-state index is 5.58. The second-order valence-corrected chi connectivity index (χ2v) is 7.23. The molecule has 0 fully saturated rings. The molecule has 1 aliphatic carbocycles. The Labute approximate surface area is 177 Å². The lowest BCUT2D eigenvalue weighted by Gasteiger charge is -2.13. The molecule has 1 aliphatic rings. The number of allylic oxidation sites excluding steroid dienone is 2. The number of rotatable bonds is 7. The Morgan fingerprint density at radius 1 is 0.667 bits per heavy atom. The van der Waals surface area contributed by atoms with Crippen LogP contribution < -0.4 is 18.9 Å². The van der Waals surface area contributed by atoms with Crippen LogP contribution in [0.2, 0.25) is 0 Å². The fourth-order valence-electron chi connectivity index (χ4n) is 4.11. The van der Waals surface area contributed by atoms with Crippen molar-refractivity contribution in [1.82, 2.24) is 0 Å². The molecule has 154 valence electrons. The van der Waals surface area contributed by atoms with E-state index in [1.165, 1.54) is 27.8 Å². The third-order valence-electron chi connectivity index (χ3n) is 5.62. The molecule has 0 spiro atoms. The predicted molar refractivity (Wildman–Crippen MR) is 120 cm³/mol. The van der Waals surface area contributed by atoms with Gasteiger partial charge in [0.05, 0.1) is 28.4 Å². The molecule has 0 unspecified atom stereocenters. The SMILES string of the molecule is COc1ccc(C2=C(Cc3ccccc3)c3cc(OC)c(OC)cc3C2)cc1OC. The van der Waals surface area contributed by atoms with E-state index in [2.05, 4.69) is 48.5 Å². The monoisotopic (exact) mass is 402 g/mol.